The van der Waals surface area contributed by atoms with Gasteiger partial charge in [-0.15, -0.1) is 0 Å². The van der Waals surface area contributed by atoms with Crippen molar-refractivity contribution in [3.8, 4) is 0 Å². The first kappa shape index (κ1) is 20.5. The normalized spacial score (nSPS) is 19.5. The van der Waals surface area contributed by atoms with Gasteiger partial charge in [-0.3, -0.25) is 9.88 Å². The van der Waals surface area contributed by atoms with Gasteiger partial charge in [0, 0.05) is 60.3 Å². The van der Waals surface area contributed by atoms with Gasteiger partial charge in [0.15, 0.2) is 0 Å². The Bertz CT molecular complexity index is 445. The number of thioether (sulfide) groups is 3. The summed E-state index contributed by atoms with van der Waals surface area (Å²) < 4.78 is 0. The van der Waals surface area contributed by atoms with Gasteiger partial charge < -0.3 is 0 Å². The Labute approximate surface area is 161 Å². The van der Waals surface area contributed by atoms with Crippen LogP contribution in [0.15, 0.2) is 18.3 Å². The van der Waals surface area contributed by atoms with E-state index >= 15 is 0 Å². The standard InChI is InChI=1S/C19H32N2S3/c1-19(2,3)14-17-4-5-18(20-15-17)16-21-6-8-22-10-12-24-13-11-23-9-7-21/h4-5,15H,6-14,16H2,1-3H3. The Morgan fingerprint density at radius 2 is 1.50 bits per heavy atom. The van der Waals surface area contributed by atoms with E-state index in [-0.39, 0.29) is 0 Å². The number of nitrogens with zero attached hydrogens (tertiary/aromatic N) is 2. The predicted molar refractivity (Wildman–Crippen MR) is 115 cm³/mol. The smallest absolute Gasteiger partial charge is 0.0544 e. The molecule has 2 nitrogen and oxygen atoms in total. The third-order valence-corrected chi connectivity index (χ3v) is 7.28. The summed E-state index contributed by atoms with van der Waals surface area (Å²) in [5, 5.41) is 0. The Kier molecular flexibility index (Phi) is 9.38. The highest BCUT2D eigenvalue weighted by atomic mass is 32.2. The maximum Gasteiger partial charge on any atom is 0.0544 e. The SMILES string of the molecule is CC(C)(C)Cc1ccc(CN2CCSCCSCCSCC2)nc1. The molecule has 0 radical (unpaired) electrons. The summed E-state index contributed by atoms with van der Waals surface area (Å²) in [7, 11) is 0. The molecular weight excluding hydrogens is 352 g/mol. The topological polar surface area (TPSA) is 16.1 Å². The van der Waals surface area contributed by atoms with Crippen LogP contribution >= 0.6 is 35.3 Å². The molecule has 1 aliphatic rings. The van der Waals surface area contributed by atoms with Crippen molar-refractivity contribution in [3.05, 3.63) is 29.6 Å². The van der Waals surface area contributed by atoms with E-state index in [2.05, 4.69) is 79.3 Å². The molecule has 0 aromatic carbocycles. The van der Waals surface area contributed by atoms with Crippen molar-refractivity contribution in [1.29, 1.82) is 0 Å². The zero-order chi connectivity index (χ0) is 17.3. The molecule has 1 saturated heterocycles. The van der Waals surface area contributed by atoms with Crippen LogP contribution in [0.5, 0.6) is 0 Å². The lowest BCUT2D eigenvalue weighted by molar-refractivity contribution is 0.297. The minimum absolute atomic E-state index is 0.326. The van der Waals surface area contributed by atoms with E-state index in [1.807, 2.05) is 0 Å². The van der Waals surface area contributed by atoms with E-state index in [4.69, 9.17) is 4.98 Å². The average molecular weight is 385 g/mol. The van der Waals surface area contributed by atoms with Crippen LogP contribution in [0.25, 0.3) is 0 Å². The van der Waals surface area contributed by atoms with Crippen LogP contribution in [0.4, 0.5) is 0 Å². The molecule has 136 valence electrons. The molecule has 0 unspecified atom stereocenters. The fourth-order valence-corrected chi connectivity index (χ4v) is 5.97. The second-order valence-electron chi connectivity index (χ2n) is 7.51. The van der Waals surface area contributed by atoms with E-state index < -0.39 is 0 Å². The lowest BCUT2D eigenvalue weighted by Crippen LogP contribution is -2.29. The molecular formula is C19H32N2S3. The van der Waals surface area contributed by atoms with Crippen molar-refractivity contribution in [2.75, 3.05) is 47.6 Å². The third kappa shape index (κ3) is 9.02. The summed E-state index contributed by atoms with van der Waals surface area (Å²) >= 11 is 6.31. The summed E-state index contributed by atoms with van der Waals surface area (Å²) in [6.45, 7) is 10.2. The molecule has 0 amide bonds. The largest absolute Gasteiger partial charge is 0.296 e. The molecule has 0 N–H and O–H groups in total. The summed E-state index contributed by atoms with van der Waals surface area (Å²) in [5.41, 5.74) is 2.89. The summed E-state index contributed by atoms with van der Waals surface area (Å²) in [6.07, 6.45) is 3.17. The van der Waals surface area contributed by atoms with Crippen LogP contribution in [-0.2, 0) is 13.0 Å². The molecule has 1 fully saturated rings. The van der Waals surface area contributed by atoms with Gasteiger partial charge >= 0.3 is 0 Å². The number of pyridine rings is 1. The first-order chi connectivity index (χ1) is 11.5. The minimum Gasteiger partial charge on any atom is -0.296 e. The van der Waals surface area contributed by atoms with Gasteiger partial charge in [-0.1, -0.05) is 26.8 Å². The summed E-state index contributed by atoms with van der Waals surface area (Å²) in [6, 6.07) is 4.50. The molecule has 1 aliphatic heterocycles. The Hall–Kier alpha value is 0.160. The maximum atomic E-state index is 4.73. The Morgan fingerprint density at radius 3 is 2.00 bits per heavy atom. The highest BCUT2D eigenvalue weighted by Crippen LogP contribution is 2.20. The van der Waals surface area contributed by atoms with E-state index in [1.165, 1.54) is 58.9 Å². The van der Waals surface area contributed by atoms with Crippen molar-refractivity contribution in [2.24, 2.45) is 5.41 Å². The second-order valence-corrected chi connectivity index (χ2v) is 11.2. The molecule has 0 saturated carbocycles. The van der Waals surface area contributed by atoms with Crippen LogP contribution < -0.4 is 0 Å². The van der Waals surface area contributed by atoms with E-state index in [9.17, 15) is 0 Å². The monoisotopic (exact) mass is 384 g/mol. The van der Waals surface area contributed by atoms with Crippen LogP contribution in [0, 0.1) is 5.41 Å². The second kappa shape index (κ2) is 11.0. The number of hydrogen-bond donors (Lipinski definition) is 0. The summed E-state index contributed by atoms with van der Waals surface area (Å²) in [4.78, 5) is 7.31. The van der Waals surface area contributed by atoms with Crippen molar-refractivity contribution in [1.82, 2.24) is 9.88 Å². The zero-order valence-corrected chi connectivity index (χ0v) is 17.9. The molecule has 2 heterocycles. The molecule has 1 aromatic heterocycles. The van der Waals surface area contributed by atoms with Gasteiger partial charge in [0.1, 0.15) is 0 Å². The first-order valence-corrected chi connectivity index (χ1v) is 12.4. The summed E-state index contributed by atoms with van der Waals surface area (Å²) in [5.74, 6) is 7.69. The van der Waals surface area contributed by atoms with Gasteiger partial charge in [0.2, 0.25) is 0 Å². The molecule has 0 atom stereocenters. The molecule has 0 bridgehead atoms. The average Bonchev–Trinajstić information content (AvgIpc) is 2.50. The van der Waals surface area contributed by atoms with Crippen LogP contribution in [-0.4, -0.2) is 57.5 Å². The third-order valence-electron chi connectivity index (χ3n) is 3.85. The van der Waals surface area contributed by atoms with E-state index in [1.54, 1.807) is 0 Å². The van der Waals surface area contributed by atoms with Crippen molar-refractivity contribution < 1.29 is 0 Å². The lowest BCUT2D eigenvalue weighted by Gasteiger charge is -2.22. The highest BCUT2D eigenvalue weighted by molar-refractivity contribution is 8.04. The van der Waals surface area contributed by atoms with Crippen LogP contribution in [0.1, 0.15) is 32.0 Å². The van der Waals surface area contributed by atoms with Crippen molar-refractivity contribution in [3.63, 3.8) is 0 Å². The number of hydrogen-bond acceptors (Lipinski definition) is 5. The van der Waals surface area contributed by atoms with Gasteiger partial charge in [0.05, 0.1) is 5.69 Å². The molecule has 24 heavy (non-hydrogen) atoms. The van der Waals surface area contributed by atoms with Gasteiger partial charge in [-0.05, 0) is 23.5 Å². The molecule has 0 spiro atoms. The van der Waals surface area contributed by atoms with Crippen molar-refractivity contribution >= 4 is 35.3 Å². The fraction of sp³-hybridized carbons (Fsp3) is 0.737. The maximum absolute atomic E-state index is 4.73. The molecule has 0 aliphatic carbocycles. The molecule has 5 heteroatoms. The van der Waals surface area contributed by atoms with Crippen LogP contribution in [0.2, 0.25) is 0 Å². The van der Waals surface area contributed by atoms with Crippen molar-refractivity contribution in [2.45, 2.75) is 33.7 Å². The first-order valence-electron chi connectivity index (χ1n) is 8.92. The lowest BCUT2D eigenvalue weighted by atomic mass is 9.89. The molecule has 1 aromatic rings. The minimum atomic E-state index is 0.326. The fourth-order valence-electron chi connectivity index (χ4n) is 2.69. The van der Waals surface area contributed by atoms with Crippen LogP contribution in [0.3, 0.4) is 0 Å². The van der Waals surface area contributed by atoms with E-state index in [0.717, 1.165) is 13.0 Å². The van der Waals surface area contributed by atoms with E-state index in [0.29, 0.717) is 5.41 Å². The number of rotatable bonds is 3. The zero-order valence-electron chi connectivity index (χ0n) is 15.4. The Morgan fingerprint density at radius 1 is 0.917 bits per heavy atom. The quantitative estimate of drug-likeness (QED) is 0.749. The highest BCUT2D eigenvalue weighted by Gasteiger charge is 2.12. The van der Waals surface area contributed by atoms with Gasteiger partial charge in [-0.25, -0.2) is 0 Å². The van der Waals surface area contributed by atoms with Gasteiger partial charge in [-0.2, -0.15) is 35.3 Å². The molecule has 2 rings (SSSR count). The van der Waals surface area contributed by atoms with Gasteiger partial charge in [0.25, 0.3) is 0 Å². The predicted octanol–water partition coefficient (Wildman–Crippen LogP) is 4.69. The number of aromatic nitrogens is 1. The Balaban J connectivity index is 1.86.